The summed E-state index contributed by atoms with van der Waals surface area (Å²) in [7, 11) is 0. The number of thioether (sulfide) groups is 1. The van der Waals surface area contributed by atoms with Crippen LogP contribution in [0.5, 0.6) is 0 Å². The highest BCUT2D eigenvalue weighted by atomic mass is 35.5. The van der Waals surface area contributed by atoms with Crippen molar-refractivity contribution >= 4 is 41.1 Å². The minimum atomic E-state index is -0.639. The minimum Gasteiger partial charge on any atom is -0.467 e. The lowest BCUT2D eigenvalue weighted by molar-refractivity contribution is -0.125. The fourth-order valence-corrected chi connectivity index (χ4v) is 3.97. The van der Waals surface area contributed by atoms with Gasteiger partial charge in [-0.3, -0.25) is 9.59 Å². The van der Waals surface area contributed by atoms with Gasteiger partial charge in [0.2, 0.25) is 5.91 Å². The first kappa shape index (κ1) is 24.4. The minimum absolute atomic E-state index is 0.114. The third kappa shape index (κ3) is 7.69. The van der Waals surface area contributed by atoms with Gasteiger partial charge in [0.05, 0.1) is 30.2 Å². The molecule has 0 aliphatic carbocycles. The maximum Gasteiger partial charge on any atom is 0.339 e. The van der Waals surface area contributed by atoms with E-state index < -0.39 is 18.5 Å². The number of hydrogen-bond donors (Lipinski definition) is 2. The second-order valence-corrected chi connectivity index (χ2v) is 8.51. The number of rotatable bonds is 10. The van der Waals surface area contributed by atoms with Crippen LogP contribution in [0.25, 0.3) is 0 Å². The Morgan fingerprint density at radius 1 is 1.06 bits per heavy atom. The average Bonchev–Trinajstić information content (AvgIpc) is 3.34. The standard InChI is InChI=1S/C24H23ClN2O5S/c1-16(17-6-4-7-18(25)12-17)27-22(28)14-32-24(30)20-9-2-3-10-21(20)33-15-23(29)26-13-19-8-5-11-31-19/h2-12,16H,13-15H2,1H3,(H,26,29)(H,27,28)/t16-/m0/s1. The third-order valence-corrected chi connectivity index (χ3v) is 5.87. The first-order chi connectivity index (χ1) is 15.9. The highest BCUT2D eigenvalue weighted by Gasteiger charge is 2.17. The van der Waals surface area contributed by atoms with E-state index in [1.165, 1.54) is 18.0 Å². The first-order valence-corrected chi connectivity index (χ1v) is 11.5. The van der Waals surface area contributed by atoms with Gasteiger partial charge in [-0.1, -0.05) is 35.9 Å². The van der Waals surface area contributed by atoms with Gasteiger partial charge in [0.25, 0.3) is 5.91 Å². The lowest BCUT2D eigenvalue weighted by Gasteiger charge is -2.15. The fourth-order valence-electron chi connectivity index (χ4n) is 2.91. The third-order valence-electron chi connectivity index (χ3n) is 4.57. The van der Waals surface area contributed by atoms with Crippen LogP contribution >= 0.6 is 23.4 Å². The van der Waals surface area contributed by atoms with E-state index in [1.54, 1.807) is 54.6 Å². The smallest absolute Gasteiger partial charge is 0.339 e. The molecule has 0 bridgehead atoms. The van der Waals surface area contributed by atoms with E-state index in [9.17, 15) is 14.4 Å². The molecule has 2 amide bonds. The maximum absolute atomic E-state index is 12.6. The zero-order valence-corrected chi connectivity index (χ0v) is 19.4. The van der Waals surface area contributed by atoms with Crippen LogP contribution < -0.4 is 10.6 Å². The largest absolute Gasteiger partial charge is 0.467 e. The quantitative estimate of drug-likeness (QED) is 0.326. The average molecular weight is 487 g/mol. The maximum atomic E-state index is 12.6. The number of amides is 2. The molecule has 0 saturated heterocycles. The number of hydrogen-bond acceptors (Lipinski definition) is 6. The zero-order chi connectivity index (χ0) is 23.6. The van der Waals surface area contributed by atoms with E-state index in [0.717, 1.165) is 5.56 Å². The molecular formula is C24H23ClN2O5S. The molecule has 1 atom stereocenters. The Labute approximate surface area is 200 Å². The van der Waals surface area contributed by atoms with Crippen molar-refractivity contribution in [2.75, 3.05) is 12.4 Å². The summed E-state index contributed by atoms with van der Waals surface area (Å²) in [5.41, 5.74) is 1.13. The molecule has 1 aromatic heterocycles. The molecule has 0 aliphatic rings. The van der Waals surface area contributed by atoms with Crippen LogP contribution in [-0.4, -0.2) is 30.1 Å². The number of furan rings is 1. The summed E-state index contributed by atoms with van der Waals surface area (Å²) in [4.78, 5) is 37.5. The molecule has 3 aromatic rings. The molecule has 172 valence electrons. The van der Waals surface area contributed by atoms with Crippen molar-refractivity contribution in [1.82, 2.24) is 10.6 Å². The Morgan fingerprint density at radius 2 is 1.88 bits per heavy atom. The van der Waals surface area contributed by atoms with Crippen LogP contribution in [-0.2, 0) is 20.9 Å². The van der Waals surface area contributed by atoms with E-state index in [2.05, 4.69) is 10.6 Å². The lowest BCUT2D eigenvalue weighted by atomic mass is 10.1. The first-order valence-electron chi connectivity index (χ1n) is 10.1. The monoisotopic (exact) mass is 486 g/mol. The van der Waals surface area contributed by atoms with Gasteiger partial charge >= 0.3 is 5.97 Å². The van der Waals surface area contributed by atoms with E-state index in [-0.39, 0.29) is 23.3 Å². The van der Waals surface area contributed by atoms with Gasteiger partial charge in [-0.2, -0.15) is 0 Å². The van der Waals surface area contributed by atoms with E-state index in [0.29, 0.717) is 22.2 Å². The number of esters is 1. The Balaban J connectivity index is 1.48. The predicted molar refractivity (Wildman–Crippen MR) is 126 cm³/mol. The SMILES string of the molecule is C[C@H](NC(=O)COC(=O)c1ccccc1SCC(=O)NCc1ccco1)c1cccc(Cl)c1. The molecule has 3 rings (SSSR count). The number of carbonyl (C=O) groups is 3. The van der Waals surface area contributed by atoms with Crippen molar-refractivity contribution in [2.24, 2.45) is 0 Å². The summed E-state index contributed by atoms with van der Waals surface area (Å²) in [6.45, 7) is 1.68. The number of nitrogens with one attached hydrogen (secondary N) is 2. The molecule has 0 aliphatic heterocycles. The van der Waals surface area contributed by atoms with Gasteiger partial charge in [0.1, 0.15) is 5.76 Å². The molecule has 2 N–H and O–H groups in total. The van der Waals surface area contributed by atoms with E-state index >= 15 is 0 Å². The lowest BCUT2D eigenvalue weighted by Crippen LogP contribution is -2.31. The van der Waals surface area contributed by atoms with Crippen molar-refractivity contribution in [1.29, 1.82) is 0 Å². The highest BCUT2D eigenvalue weighted by molar-refractivity contribution is 8.00. The molecular weight excluding hydrogens is 464 g/mol. The van der Waals surface area contributed by atoms with Crippen LogP contribution in [0.4, 0.5) is 0 Å². The number of carbonyl (C=O) groups excluding carboxylic acids is 3. The van der Waals surface area contributed by atoms with E-state index in [4.69, 9.17) is 20.8 Å². The van der Waals surface area contributed by atoms with Crippen molar-refractivity contribution in [3.63, 3.8) is 0 Å². The number of ether oxygens (including phenoxy) is 1. The van der Waals surface area contributed by atoms with Crippen LogP contribution in [0, 0.1) is 0 Å². The summed E-state index contributed by atoms with van der Waals surface area (Å²) in [5.74, 6) is -0.505. The number of halogens is 1. The van der Waals surface area contributed by atoms with Gasteiger partial charge in [-0.25, -0.2) is 4.79 Å². The van der Waals surface area contributed by atoms with Crippen molar-refractivity contribution in [2.45, 2.75) is 24.4 Å². The Bertz CT molecular complexity index is 1100. The van der Waals surface area contributed by atoms with Crippen LogP contribution in [0.15, 0.2) is 76.2 Å². The van der Waals surface area contributed by atoms with Crippen molar-refractivity contribution in [3.8, 4) is 0 Å². The summed E-state index contributed by atoms with van der Waals surface area (Å²) >= 11 is 7.19. The second-order valence-electron chi connectivity index (χ2n) is 7.06. The summed E-state index contributed by atoms with van der Waals surface area (Å²) in [6.07, 6.45) is 1.54. The Kier molecular flexibility index (Phi) is 8.97. The normalized spacial score (nSPS) is 11.5. The molecule has 1 heterocycles. The zero-order valence-electron chi connectivity index (χ0n) is 17.9. The molecule has 33 heavy (non-hydrogen) atoms. The molecule has 0 radical (unpaired) electrons. The summed E-state index contributed by atoms with van der Waals surface area (Å²) in [5, 5.41) is 6.09. The molecule has 9 heteroatoms. The van der Waals surface area contributed by atoms with Crippen molar-refractivity contribution < 1.29 is 23.5 Å². The topological polar surface area (TPSA) is 97.6 Å². The molecule has 0 unspecified atom stereocenters. The Hall–Kier alpha value is -3.23. The highest BCUT2D eigenvalue weighted by Crippen LogP contribution is 2.23. The fraction of sp³-hybridized carbons (Fsp3) is 0.208. The molecule has 2 aromatic carbocycles. The van der Waals surface area contributed by atoms with Crippen molar-refractivity contribution in [3.05, 3.63) is 88.8 Å². The molecule has 0 spiro atoms. The Morgan fingerprint density at radius 3 is 2.64 bits per heavy atom. The van der Waals surface area contributed by atoms with E-state index in [1.807, 2.05) is 13.0 Å². The molecule has 7 nitrogen and oxygen atoms in total. The van der Waals surface area contributed by atoms with Gasteiger partial charge in [0.15, 0.2) is 6.61 Å². The number of benzene rings is 2. The molecule has 0 fully saturated rings. The summed E-state index contributed by atoms with van der Waals surface area (Å²) in [6, 6.07) is 17.2. The molecule has 0 saturated carbocycles. The second kappa shape index (κ2) is 12.1. The van der Waals surface area contributed by atoms with Crippen LogP contribution in [0.1, 0.15) is 34.6 Å². The summed E-state index contributed by atoms with van der Waals surface area (Å²) < 4.78 is 10.4. The van der Waals surface area contributed by atoms with Gasteiger partial charge in [-0.05, 0) is 48.9 Å². The van der Waals surface area contributed by atoms with Gasteiger partial charge in [0, 0.05) is 9.92 Å². The van der Waals surface area contributed by atoms with Crippen LogP contribution in [0.2, 0.25) is 5.02 Å². The predicted octanol–water partition coefficient (Wildman–Crippen LogP) is 4.38. The van der Waals surface area contributed by atoms with Gasteiger partial charge < -0.3 is 19.8 Å². The van der Waals surface area contributed by atoms with Gasteiger partial charge in [-0.15, -0.1) is 11.8 Å². The van der Waals surface area contributed by atoms with Crippen LogP contribution in [0.3, 0.4) is 0 Å².